The molecule has 0 saturated heterocycles. The Bertz CT molecular complexity index is 530. The number of nitrogens with one attached hydrogen (secondary N) is 1. The fourth-order valence-corrected chi connectivity index (χ4v) is 2.85. The van der Waals surface area contributed by atoms with Crippen LogP contribution < -0.4 is 5.32 Å². The summed E-state index contributed by atoms with van der Waals surface area (Å²) in [5.74, 6) is 0.743. The summed E-state index contributed by atoms with van der Waals surface area (Å²) in [6.45, 7) is 3.14. The molecule has 19 heavy (non-hydrogen) atoms. The molecule has 2 aromatic rings. The van der Waals surface area contributed by atoms with Crippen molar-refractivity contribution < 1.29 is 0 Å². The highest BCUT2D eigenvalue weighted by Crippen LogP contribution is 2.38. The zero-order valence-electron chi connectivity index (χ0n) is 11.3. The molecule has 0 unspecified atom stereocenters. The average molecular weight is 252 g/mol. The number of pyridine rings is 1. The summed E-state index contributed by atoms with van der Waals surface area (Å²) in [6, 6.07) is 13.5. The van der Waals surface area contributed by atoms with Crippen molar-refractivity contribution in [1.82, 2.24) is 10.3 Å². The van der Waals surface area contributed by atoms with Gasteiger partial charge in [-0.2, -0.15) is 0 Å². The van der Waals surface area contributed by atoms with Gasteiger partial charge in [0.15, 0.2) is 0 Å². The Labute approximate surface area is 114 Å². The maximum absolute atomic E-state index is 4.14. The van der Waals surface area contributed by atoms with Crippen molar-refractivity contribution in [2.45, 2.75) is 38.3 Å². The Morgan fingerprint density at radius 2 is 2.00 bits per heavy atom. The summed E-state index contributed by atoms with van der Waals surface area (Å²) >= 11 is 0. The van der Waals surface area contributed by atoms with E-state index in [4.69, 9.17) is 0 Å². The highest BCUT2D eigenvalue weighted by Gasteiger charge is 2.30. The lowest BCUT2D eigenvalue weighted by Crippen LogP contribution is -2.39. The van der Waals surface area contributed by atoms with E-state index in [9.17, 15) is 0 Å². The van der Waals surface area contributed by atoms with Gasteiger partial charge >= 0.3 is 0 Å². The molecular weight excluding hydrogens is 232 g/mol. The van der Waals surface area contributed by atoms with Gasteiger partial charge in [-0.25, -0.2) is 0 Å². The SMILES string of the molecule is Cc1ccccc1C1CC(NCc2cccnc2)C1. The Kier molecular flexibility index (Phi) is 3.60. The van der Waals surface area contributed by atoms with Crippen LogP contribution in [0.3, 0.4) is 0 Å². The minimum Gasteiger partial charge on any atom is -0.310 e. The van der Waals surface area contributed by atoms with Crippen molar-refractivity contribution >= 4 is 0 Å². The van der Waals surface area contributed by atoms with E-state index in [0.29, 0.717) is 6.04 Å². The first kappa shape index (κ1) is 12.4. The van der Waals surface area contributed by atoms with E-state index in [1.165, 1.54) is 29.5 Å². The molecule has 1 aromatic carbocycles. The third-order valence-electron chi connectivity index (χ3n) is 4.08. The van der Waals surface area contributed by atoms with Crippen LogP contribution in [0.15, 0.2) is 48.8 Å². The maximum Gasteiger partial charge on any atom is 0.0312 e. The molecule has 1 saturated carbocycles. The van der Waals surface area contributed by atoms with Gasteiger partial charge in [-0.05, 0) is 48.4 Å². The summed E-state index contributed by atoms with van der Waals surface area (Å²) in [7, 11) is 0. The molecule has 0 aliphatic heterocycles. The van der Waals surface area contributed by atoms with Gasteiger partial charge in [-0.1, -0.05) is 30.3 Å². The summed E-state index contributed by atoms with van der Waals surface area (Å²) in [5.41, 5.74) is 4.22. The third-order valence-corrected chi connectivity index (χ3v) is 4.08. The molecule has 1 heterocycles. The van der Waals surface area contributed by atoms with E-state index in [2.05, 4.69) is 47.6 Å². The number of hydrogen-bond acceptors (Lipinski definition) is 2. The fraction of sp³-hybridized carbons (Fsp3) is 0.353. The van der Waals surface area contributed by atoms with Crippen molar-refractivity contribution in [2.75, 3.05) is 0 Å². The number of nitrogens with zero attached hydrogens (tertiary/aromatic N) is 1. The minimum absolute atomic E-state index is 0.657. The number of aromatic nitrogens is 1. The zero-order valence-corrected chi connectivity index (χ0v) is 11.3. The van der Waals surface area contributed by atoms with E-state index in [1.807, 2.05) is 18.5 Å². The van der Waals surface area contributed by atoms with Crippen LogP contribution in [0.2, 0.25) is 0 Å². The second-order valence-corrected chi connectivity index (χ2v) is 5.46. The van der Waals surface area contributed by atoms with Crippen LogP contribution in [-0.4, -0.2) is 11.0 Å². The van der Waals surface area contributed by atoms with Gasteiger partial charge in [-0.15, -0.1) is 0 Å². The highest BCUT2D eigenvalue weighted by atomic mass is 14.9. The Morgan fingerprint density at radius 1 is 1.16 bits per heavy atom. The lowest BCUT2D eigenvalue weighted by Gasteiger charge is -2.37. The molecule has 0 amide bonds. The first-order valence-corrected chi connectivity index (χ1v) is 7.01. The van der Waals surface area contributed by atoms with E-state index < -0.39 is 0 Å². The van der Waals surface area contributed by atoms with Crippen molar-refractivity contribution in [3.8, 4) is 0 Å². The molecule has 1 aliphatic carbocycles. The molecule has 0 spiro atoms. The van der Waals surface area contributed by atoms with Gasteiger partial charge in [0.1, 0.15) is 0 Å². The monoisotopic (exact) mass is 252 g/mol. The molecule has 1 aliphatic rings. The quantitative estimate of drug-likeness (QED) is 0.901. The van der Waals surface area contributed by atoms with Crippen molar-refractivity contribution in [2.24, 2.45) is 0 Å². The van der Waals surface area contributed by atoms with Gasteiger partial charge in [0.05, 0.1) is 0 Å². The summed E-state index contributed by atoms with van der Waals surface area (Å²) in [6.07, 6.45) is 6.27. The fourth-order valence-electron chi connectivity index (χ4n) is 2.85. The predicted molar refractivity (Wildman–Crippen MR) is 78.0 cm³/mol. The van der Waals surface area contributed by atoms with Crippen molar-refractivity contribution in [1.29, 1.82) is 0 Å². The molecule has 1 N–H and O–H groups in total. The minimum atomic E-state index is 0.657. The summed E-state index contributed by atoms with van der Waals surface area (Å²) in [5, 5.41) is 3.61. The lowest BCUT2D eigenvalue weighted by molar-refractivity contribution is 0.289. The maximum atomic E-state index is 4.14. The van der Waals surface area contributed by atoms with E-state index in [-0.39, 0.29) is 0 Å². The third kappa shape index (κ3) is 2.85. The second kappa shape index (κ2) is 5.54. The van der Waals surface area contributed by atoms with Crippen LogP contribution in [0.5, 0.6) is 0 Å². The van der Waals surface area contributed by atoms with Crippen LogP contribution in [0.4, 0.5) is 0 Å². The molecule has 1 fully saturated rings. The van der Waals surface area contributed by atoms with Crippen molar-refractivity contribution in [3.63, 3.8) is 0 Å². The Morgan fingerprint density at radius 3 is 2.74 bits per heavy atom. The first-order chi connectivity index (χ1) is 9.33. The lowest BCUT2D eigenvalue weighted by atomic mass is 9.74. The smallest absolute Gasteiger partial charge is 0.0312 e. The van der Waals surface area contributed by atoms with Crippen LogP contribution in [0.1, 0.15) is 35.4 Å². The normalized spacial score (nSPS) is 21.9. The predicted octanol–water partition coefficient (Wildman–Crippen LogP) is 3.43. The molecular formula is C17H20N2. The van der Waals surface area contributed by atoms with Gasteiger partial charge in [0, 0.05) is 25.0 Å². The van der Waals surface area contributed by atoms with Crippen LogP contribution >= 0.6 is 0 Å². The molecule has 1 aromatic heterocycles. The zero-order chi connectivity index (χ0) is 13.1. The highest BCUT2D eigenvalue weighted by molar-refractivity contribution is 5.31. The molecule has 2 nitrogen and oxygen atoms in total. The Balaban J connectivity index is 1.50. The van der Waals surface area contributed by atoms with Crippen LogP contribution in [-0.2, 0) is 6.54 Å². The largest absolute Gasteiger partial charge is 0.310 e. The summed E-state index contributed by atoms with van der Waals surface area (Å²) in [4.78, 5) is 4.14. The van der Waals surface area contributed by atoms with Gasteiger partial charge in [-0.3, -0.25) is 4.98 Å². The number of benzene rings is 1. The van der Waals surface area contributed by atoms with Gasteiger partial charge in [0.2, 0.25) is 0 Å². The van der Waals surface area contributed by atoms with Crippen molar-refractivity contribution in [3.05, 3.63) is 65.5 Å². The van der Waals surface area contributed by atoms with Gasteiger partial charge < -0.3 is 5.32 Å². The Hall–Kier alpha value is -1.67. The number of hydrogen-bond donors (Lipinski definition) is 1. The second-order valence-electron chi connectivity index (χ2n) is 5.46. The topological polar surface area (TPSA) is 24.9 Å². The average Bonchev–Trinajstić information content (AvgIpc) is 2.40. The van der Waals surface area contributed by atoms with Crippen LogP contribution in [0, 0.1) is 6.92 Å². The molecule has 0 atom stereocenters. The summed E-state index contributed by atoms with van der Waals surface area (Å²) < 4.78 is 0. The molecule has 0 bridgehead atoms. The number of aryl methyl sites for hydroxylation is 1. The molecule has 3 rings (SSSR count). The van der Waals surface area contributed by atoms with Gasteiger partial charge in [0.25, 0.3) is 0 Å². The number of rotatable bonds is 4. The van der Waals surface area contributed by atoms with E-state index in [1.54, 1.807) is 0 Å². The van der Waals surface area contributed by atoms with E-state index in [0.717, 1.165) is 12.5 Å². The van der Waals surface area contributed by atoms with E-state index >= 15 is 0 Å². The molecule has 98 valence electrons. The molecule has 2 heteroatoms. The standard InChI is InChI=1S/C17H20N2/c1-13-5-2-3-7-17(13)15-9-16(10-15)19-12-14-6-4-8-18-11-14/h2-8,11,15-16,19H,9-10,12H2,1H3. The first-order valence-electron chi connectivity index (χ1n) is 7.01. The molecule has 0 radical (unpaired) electrons. The van der Waals surface area contributed by atoms with Crippen LogP contribution in [0.25, 0.3) is 0 Å².